The second-order valence-corrected chi connectivity index (χ2v) is 4.65. The van der Waals surface area contributed by atoms with Crippen molar-refractivity contribution in [2.45, 2.75) is 59.3 Å². The van der Waals surface area contributed by atoms with Gasteiger partial charge in [-0.3, -0.25) is 0 Å². The van der Waals surface area contributed by atoms with Crippen LogP contribution >= 0.6 is 0 Å². The fourth-order valence-corrected chi connectivity index (χ4v) is 1.53. The van der Waals surface area contributed by atoms with Crippen LogP contribution in [-0.2, 0) is 0 Å². The van der Waals surface area contributed by atoms with E-state index in [0.717, 1.165) is 6.42 Å². The lowest BCUT2D eigenvalue weighted by molar-refractivity contribution is 0.282. The maximum Gasteiger partial charge on any atom is 0.0431 e. The van der Waals surface area contributed by atoms with Crippen molar-refractivity contribution in [3.8, 4) is 0 Å². The number of hydrogen-bond acceptors (Lipinski definition) is 1. The van der Waals surface area contributed by atoms with Crippen molar-refractivity contribution < 1.29 is 5.11 Å². The van der Waals surface area contributed by atoms with Crippen LogP contribution in [0.2, 0.25) is 0 Å². The monoisotopic (exact) mass is 236 g/mol. The molecule has 0 radical (unpaired) electrons. The van der Waals surface area contributed by atoms with Crippen LogP contribution in [0, 0.1) is 13.8 Å². The molecular formula is C16H28O. The molecule has 1 nitrogen and oxygen atoms in total. The Balaban J connectivity index is 0.000000302. The predicted molar refractivity (Wildman–Crippen MR) is 76.4 cm³/mol. The first-order valence-corrected chi connectivity index (χ1v) is 6.84. The van der Waals surface area contributed by atoms with E-state index in [1.165, 1.54) is 43.2 Å². The molecule has 1 aromatic rings. The summed E-state index contributed by atoms with van der Waals surface area (Å²) in [5, 5.41) is 8.42. The molecule has 0 bridgehead atoms. The van der Waals surface area contributed by atoms with Crippen LogP contribution in [-0.4, -0.2) is 11.7 Å². The summed E-state index contributed by atoms with van der Waals surface area (Å²) in [6.45, 7) is 6.77. The van der Waals surface area contributed by atoms with Gasteiger partial charge in [-0.25, -0.2) is 0 Å². The second kappa shape index (κ2) is 11.7. The Kier molecular flexibility index (Phi) is 11.1. The van der Waals surface area contributed by atoms with Crippen LogP contribution in [0.5, 0.6) is 0 Å². The molecule has 0 saturated heterocycles. The molecule has 0 heterocycles. The van der Waals surface area contributed by atoms with Crippen molar-refractivity contribution in [1.29, 1.82) is 0 Å². The number of unbranched alkanes of at least 4 members (excludes halogenated alkanes) is 5. The van der Waals surface area contributed by atoms with E-state index in [2.05, 4.69) is 45.0 Å². The standard InChI is InChI=1S/C8H18O.C8H10/c1-2-3-4-5-6-7-8-9;1-7-3-5-8(2)6-4-7/h9H,2-8H2,1H3;3-6H,1-2H3. The van der Waals surface area contributed by atoms with Crippen molar-refractivity contribution in [2.75, 3.05) is 6.61 Å². The lowest BCUT2D eigenvalue weighted by Crippen LogP contribution is -1.82. The van der Waals surface area contributed by atoms with Crippen LogP contribution in [0.4, 0.5) is 0 Å². The van der Waals surface area contributed by atoms with Gasteiger partial charge in [0.2, 0.25) is 0 Å². The van der Waals surface area contributed by atoms with Crippen LogP contribution in [0.3, 0.4) is 0 Å². The van der Waals surface area contributed by atoms with Gasteiger partial charge in [-0.15, -0.1) is 0 Å². The molecule has 0 aromatic heterocycles. The van der Waals surface area contributed by atoms with Crippen LogP contribution in [0.25, 0.3) is 0 Å². The molecule has 0 amide bonds. The Bertz CT molecular complexity index is 224. The maximum absolute atomic E-state index is 8.42. The van der Waals surface area contributed by atoms with Gasteiger partial charge in [0.25, 0.3) is 0 Å². The van der Waals surface area contributed by atoms with Gasteiger partial charge in [-0.05, 0) is 20.3 Å². The Labute approximate surface area is 107 Å². The fraction of sp³-hybridized carbons (Fsp3) is 0.625. The molecule has 0 atom stereocenters. The third kappa shape index (κ3) is 11.4. The van der Waals surface area contributed by atoms with E-state index in [4.69, 9.17) is 5.11 Å². The van der Waals surface area contributed by atoms with Gasteiger partial charge < -0.3 is 5.11 Å². The van der Waals surface area contributed by atoms with E-state index in [0.29, 0.717) is 6.61 Å². The van der Waals surface area contributed by atoms with Gasteiger partial charge in [-0.2, -0.15) is 0 Å². The molecule has 0 aliphatic carbocycles. The lowest BCUT2D eigenvalue weighted by atomic mass is 10.1. The van der Waals surface area contributed by atoms with E-state index >= 15 is 0 Å². The normalized spacial score (nSPS) is 9.65. The molecule has 0 aliphatic rings. The van der Waals surface area contributed by atoms with Gasteiger partial charge in [0.1, 0.15) is 0 Å². The number of aryl methyl sites for hydroxylation is 2. The topological polar surface area (TPSA) is 20.2 Å². The second-order valence-electron chi connectivity index (χ2n) is 4.65. The van der Waals surface area contributed by atoms with Crippen LogP contribution in [0.15, 0.2) is 24.3 Å². The molecule has 98 valence electrons. The minimum atomic E-state index is 0.367. The number of aliphatic hydroxyl groups is 1. The van der Waals surface area contributed by atoms with Gasteiger partial charge in [-0.1, -0.05) is 74.4 Å². The van der Waals surface area contributed by atoms with Crippen molar-refractivity contribution in [1.82, 2.24) is 0 Å². The summed E-state index contributed by atoms with van der Waals surface area (Å²) < 4.78 is 0. The van der Waals surface area contributed by atoms with Gasteiger partial charge in [0, 0.05) is 6.61 Å². The molecule has 0 aliphatic heterocycles. The van der Waals surface area contributed by atoms with Crippen molar-refractivity contribution in [2.24, 2.45) is 0 Å². The fourth-order valence-electron chi connectivity index (χ4n) is 1.53. The Morgan fingerprint density at radius 3 is 1.59 bits per heavy atom. The Hall–Kier alpha value is -0.820. The lowest BCUT2D eigenvalue weighted by Gasteiger charge is -1.95. The zero-order valence-electron chi connectivity index (χ0n) is 11.7. The highest BCUT2D eigenvalue weighted by molar-refractivity contribution is 5.19. The number of benzene rings is 1. The minimum absolute atomic E-state index is 0.367. The summed E-state index contributed by atoms with van der Waals surface area (Å²) in [5.74, 6) is 0. The predicted octanol–water partition coefficient (Wildman–Crippen LogP) is 4.64. The highest BCUT2D eigenvalue weighted by Gasteiger charge is 1.86. The van der Waals surface area contributed by atoms with Gasteiger partial charge in [0.05, 0.1) is 0 Å². The molecule has 1 N–H and O–H groups in total. The van der Waals surface area contributed by atoms with E-state index in [9.17, 15) is 0 Å². The summed E-state index contributed by atoms with van der Waals surface area (Å²) in [7, 11) is 0. The van der Waals surface area contributed by atoms with Gasteiger partial charge >= 0.3 is 0 Å². The average molecular weight is 236 g/mol. The average Bonchev–Trinajstić information content (AvgIpc) is 2.34. The molecule has 1 heteroatoms. The van der Waals surface area contributed by atoms with Gasteiger partial charge in [0.15, 0.2) is 0 Å². The Morgan fingerprint density at radius 2 is 1.18 bits per heavy atom. The van der Waals surface area contributed by atoms with E-state index in [1.54, 1.807) is 0 Å². The summed E-state index contributed by atoms with van der Waals surface area (Å²) in [4.78, 5) is 0. The van der Waals surface area contributed by atoms with Crippen molar-refractivity contribution >= 4 is 0 Å². The first-order valence-electron chi connectivity index (χ1n) is 6.84. The highest BCUT2D eigenvalue weighted by Crippen LogP contribution is 2.03. The smallest absolute Gasteiger partial charge is 0.0431 e. The quantitative estimate of drug-likeness (QED) is 0.713. The van der Waals surface area contributed by atoms with E-state index in [-0.39, 0.29) is 0 Å². The number of hydrogen-bond donors (Lipinski definition) is 1. The molecule has 17 heavy (non-hydrogen) atoms. The molecule has 0 spiro atoms. The third-order valence-electron chi connectivity index (χ3n) is 2.73. The summed E-state index contributed by atoms with van der Waals surface area (Å²) in [6, 6.07) is 8.48. The summed E-state index contributed by atoms with van der Waals surface area (Å²) in [6.07, 6.45) is 7.50. The molecular weight excluding hydrogens is 208 g/mol. The Morgan fingerprint density at radius 1 is 0.765 bits per heavy atom. The van der Waals surface area contributed by atoms with E-state index < -0.39 is 0 Å². The largest absolute Gasteiger partial charge is 0.396 e. The third-order valence-corrected chi connectivity index (χ3v) is 2.73. The highest BCUT2D eigenvalue weighted by atomic mass is 16.2. The summed E-state index contributed by atoms with van der Waals surface area (Å²) in [5.41, 5.74) is 2.66. The first-order chi connectivity index (χ1) is 8.20. The van der Waals surface area contributed by atoms with Crippen molar-refractivity contribution in [3.63, 3.8) is 0 Å². The van der Waals surface area contributed by atoms with Crippen LogP contribution in [0.1, 0.15) is 56.6 Å². The van der Waals surface area contributed by atoms with E-state index in [1.807, 2.05) is 0 Å². The van der Waals surface area contributed by atoms with Crippen LogP contribution < -0.4 is 0 Å². The zero-order valence-corrected chi connectivity index (χ0v) is 11.7. The van der Waals surface area contributed by atoms with Crippen molar-refractivity contribution in [3.05, 3.63) is 35.4 Å². The molecule has 1 aromatic carbocycles. The number of aliphatic hydroxyl groups excluding tert-OH is 1. The first kappa shape index (κ1) is 16.2. The molecule has 0 unspecified atom stereocenters. The minimum Gasteiger partial charge on any atom is -0.396 e. The molecule has 1 rings (SSSR count). The summed E-state index contributed by atoms with van der Waals surface area (Å²) >= 11 is 0. The maximum atomic E-state index is 8.42. The number of rotatable bonds is 6. The molecule has 0 saturated carbocycles. The SMILES string of the molecule is CCCCCCCCO.Cc1ccc(C)cc1. The zero-order chi connectivity index (χ0) is 12.9. The molecule has 0 fully saturated rings.